The van der Waals surface area contributed by atoms with Crippen molar-refractivity contribution in [2.75, 3.05) is 13.2 Å². The summed E-state index contributed by atoms with van der Waals surface area (Å²) in [6, 6.07) is 5.05. The Kier molecular flexibility index (Phi) is 3.14. The zero-order chi connectivity index (χ0) is 11.4. The lowest BCUT2D eigenvalue weighted by atomic mass is 10.2. The van der Waals surface area contributed by atoms with Crippen molar-refractivity contribution in [3.8, 4) is 11.5 Å². The number of rotatable bonds is 2. The van der Waals surface area contributed by atoms with Gasteiger partial charge in [-0.15, -0.1) is 0 Å². The second-order valence-electron chi connectivity index (χ2n) is 3.55. The minimum atomic E-state index is -0.535. The molecule has 0 aliphatic carbocycles. The molecule has 1 aromatic rings. The van der Waals surface area contributed by atoms with Crippen molar-refractivity contribution in [1.82, 2.24) is 5.32 Å². The predicted molar refractivity (Wildman–Crippen MR) is 58.5 cm³/mol. The van der Waals surface area contributed by atoms with Crippen LogP contribution in [0, 0.1) is 0 Å². The van der Waals surface area contributed by atoms with E-state index in [2.05, 4.69) is 5.32 Å². The summed E-state index contributed by atoms with van der Waals surface area (Å²) in [5.74, 6) is 1.47. The van der Waals surface area contributed by atoms with Crippen molar-refractivity contribution < 1.29 is 14.3 Å². The summed E-state index contributed by atoms with van der Waals surface area (Å²) in [5.41, 5.74) is 5.93. The molecule has 2 amide bonds. The zero-order valence-corrected chi connectivity index (χ0v) is 8.86. The first-order valence-electron chi connectivity index (χ1n) is 5.17. The molecule has 0 spiro atoms. The van der Waals surface area contributed by atoms with Gasteiger partial charge < -0.3 is 20.5 Å². The number of carbonyl (C=O) groups is 1. The minimum Gasteiger partial charge on any atom is -0.490 e. The number of primary amides is 1. The molecule has 0 radical (unpaired) electrons. The number of hydrogen-bond acceptors (Lipinski definition) is 3. The van der Waals surface area contributed by atoms with Gasteiger partial charge in [-0.2, -0.15) is 0 Å². The Morgan fingerprint density at radius 1 is 1.31 bits per heavy atom. The van der Waals surface area contributed by atoms with Crippen LogP contribution in [-0.2, 0) is 6.54 Å². The third-order valence-electron chi connectivity index (χ3n) is 2.28. The Bertz CT molecular complexity index is 393. The van der Waals surface area contributed by atoms with Gasteiger partial charge in [0.05, 0.1) is 13.2 Å². The van der Waals surface area contributed by atoms with Crippen LogP contribution < -0.4 is 20.5 Å². The molecule has 3 N–H and O–H groups in total. The lowest BCUT2D eigenvalue weighted by molar-refractivity contribution is 0.248. The van der Waals surface area contributed by atoms with Crippen LogP contribution in [0.1, 0.15) is 12.0 Å². The van der Waals surface area contributed by atoms with E-state index in [-0.39, 0.29) is 0 Å². The van der Waals surface area contributed by atoms with E-state index < -0.39 is 6.03 Å². The number of amides is 2. The number of urea groups is 1. The van der Waals surface area contributed by atoms with Gasteiger partial charge in [-0.25, -0.2) is 4.79 Å². The molecule has 2 rings (SSSR count). The normalized spacial score (nSPS) is 14.0. The molecule has 86 valence electrons. The number of fused-ring (bicyclic) bond motifs is 1. The Morgan fingerprint density at radius 2 is 2.06 bits per heavy atom. The first-order chi connectivity index (χ1) is 7.75. The zero-order valence-electron chi connectivity index (χ0n) is 8.86. The number of carbonyl (C=O) groups excluding carboxylic acids is 1. The lowest BCUT2D eigenvalue weighted by Gasteiger charge is -2.09. The first kappa shape index (κ1) is 10.6. The molecule has 0 unspecified atom stereocenters. The van der Waals surface area contributed by atoms with Crippen LogP contribution in [0.5, 0.6) is 11.5 Å². The molecule has 1 heterocycles. The number of hydrogen-bond donors (Lipinski definition) is 2. The molecule has 0 aromatic heterocycles. The van der Waals surface area contributed by atoms with Crippen molar-refractivity contribution >= 4 is 6.03 Å². The number of nitrogens with two attached hydrogens (primary N) is 1. The van der Waals surface area contributed by atoms with Crippen molar-refractivity contribution in [2.45, 2.75) is 13.0 Å². The van der Waals surface area contributed by atoms with Gasteiger partial charge in [0, 0.05) is 13.0 Å². The molecule has 0 bridgehead atoms. The fourth-order valence-corrected chi connectivity index (χ4v) is 1.51. The Labute approximate surface area is 93.5 Å². The number of ether oxygens (including phenoxy) is 2. The van der Waals surface area contributed by atoms with E-state index in [9.17, 15) is 4.79 Å². The summed E-state index contributed by atoms with van der Waals surface area (Å²) in [4.78, 5) is 10.6. The van der Waals surface area contributed by atoms with Crippen molar-refractivity contribution in [3.05, 3.63) is 23.8 Å². The first-order valence-corrected chi connectivity index (χ1v) is 5.17. The summed E-state index contributed by atoms with van der Waals surface area (Å²) >= 11 is 0. The maximum absolute atomic E-state index is 10.6. The topological polar surface area (TPSA) is 73.6 Å². The van der Waals surface area contributed by atoms with E-state index >= 15 is 0 Å². The molecule has 5 nitrogen and oxygen atoms in total. The van der Waals surface area contributed by atoms with E-state index in [1.54, 1.807) is 0 Å². The van der Waals surface area contributed by atoms with E-state index in [1.807, 2.05) is 18.2 Å². The standard InChI is InChI=1S/C11H14N2O3/c12-11(14)13-7-8-2-3-9-10(6-8)16-5-1-4-15-9/h2-3,6H,1,4-5,7H2,(H3,12,13,14). The number of benzene rings is 1. The van der Waals surface area contributed by atoms with Crippen LogP contribution in [0.2, 0.25) is 0 Å². The maximum atomic E-state index is 10.6. The lowest BCUT2D eigenvalue weighted by Crippen LogP contribution is -2.28. The van der Waals surface area contributed by atoms with Crippen LogP contribution in [-0.4, -0.2) is 19.2 Å². The third-order valence-corrected chi connectivity index (χ3v) is 2.28. The molecule has 0 saturated heterocycles. The van der Waals surface area contributed by atoms with Gasteiger partial charge in [0.2, 0.25) is 0 Å². The van der Waals surface area contributed by atoms with Crippen LogP contribution in [0.25, 0.3) is 0 Å². The smallest absolute Gasteiger partial charge is 0.312 e. The SMILES string of the molecule is NC(=O)NCc1ccc2c(c1)OCCCO2. The molecular formula is C11H14N2O3. The highest BCUT2D eigenvalue weighted by molar-refractivity contribution is 5.71. The van der Waals surface area contributed by atoms with Crippen LogP contribution >= 0.6 is 0 Å². The molecule has 5 heteroatoms. The van der Waals surface area contributed by atoms with Crippen LogP contribution in [0.3, 0.4) is 0 Å². The van der Waals surface area contributed by atoms with Gasteiger partial charge in [0.15, 0.2) is 11.5 Å². The van der Waals surface area contributed by atoms with Gasteiger partial charge in [-0.1, -0.05) is 6.07 Å². The monoisotopic (exact) mass is 222 g/mol. The molecular weight excluding hydrogens is 208 g/mol. The maximum Gasteiger partial charge on any atom is 0.312 e. The molecule has 1 aliphatic rings. The quantitative estimate of drug-likeness (QED) is 0.784. The largest absolute Gasteiger partial charge is 0.490 e. The van der Waals surface area contributed by atoms with Crippen molar-refractivity contribution in [1.29, 1.82) is 0 Å². The average molecular weight is 222 g/mol. The highest BCUT2D eigenvalue weighted by Crippen LogP contribution is 2.30. The Morgan fingerprint density at radius 3 is 2.81 bits per heavy atom. The summed E-state index contributed by atoms with van der Waals surface area (Å²) in [6.07, 6.45) is 0.879. The highest BCUT2D eigenvalue weighted by atomic mass is 16.5. The molecule has 0 fully saturated rings. The molecule has 1 aromatic carbocycles. The second kappa shape index (κ2) is 4.74. The van der Waals surface area contributed by atoms with Gasteiger partial charge >= 0.3 is 6.03 Å². The van der Waals surface area contributed by atoms with Gasteiger partial charge in [-0.3, -0.25) is 0 Å². The molecule has 1 aliphatic heterocycles. The summed E-state index contributed by atoms with van der Waals surface area (Å²) in [7, 11) is 0. The third kappa shape index (κ3) is 2.56. The summed E-state index contributed by atoms with van der Waals surface area (Å²) < 4.78 is 11.0. The fourth-order valence-electron chi connectivity index (χ4n) is 1.51. The molecule has 16 heavy (non-hydrogen) atoms. The summed E-state index contributed by atoms with van der Waals surface area (Å²) in [6.45, 7) is 1.72. The van der Waals surface area contributed by atoms with Crippen molar-refractivity contribution in [2.24, 2.45) is 5.73 Å². The fraction of sp³-hybridized carbons (Fsp3) is 0.364. The van der Waals surface area contributed by atoms with Crippen LogP contribution in [0.4, 0.5) is 4.79 Å². The van der Waals surface area contributed by atoms with E-state index in [4.69, 9.17) is 15.2 Å². The minimum absolute atomic E-state index is 0.395. The van der Waals surface area contributed by atoms with E-state index in [1.165, 1.54) is 0 Å². The van der Waals surface area contributed by atoms with Crippen LogP contribution in [0.15, 0.2) is 18.2 Å². The van der Waals surface area contributed by atoms with Gasteiger partial charge in [0.1, 0.15) is 0 Å². The Balaban J connectivity index is 2.11. The number of nitrogens with one attached hydrogen (secondary N) is 1. The molecule has 0 saturated carbocycles. The Hall–Kier alpha value is -1.91. The van der Waals surface area contributed by atoms with E-state index in [0.29, 0.717) is 19.8 Å². The van der Waals surface area contributed by atoms with Gasteiger partial charge in [-0.05, 0) is 17.7 Å². The predicted octanol–water partition coefficient (Wildman–Crippen LogP) is 1.02. The van der Waals surface area contributed by atoms with Gasteiger partial charge in [0.25, 0.3) is 0 Å². The highest BCUT2D eigenvalue weighted by Gasteiger charge is 2.10. The van der Waals surface area contributed by atoms with Crippen molar-refractivity contribution in [3.63, 3.8) is 0 Å². The van der Waals surface area contributed by atoms with E-state index in [0.717, 1.165) is 23.5 Å². The average Bonchev–Trinajstić information content (AvgIpc) is 2.50. The summed E-state index contributed by atoms with van der Waals surface area (Å²) in [5, 5.41) is 2.53. The second-order valence-corrected chi connectivity index (χ2v) is 3.55. The molecule has 0 atom stereocenters.